The van der Waals surface area contributed by atoms with Crippen molar-refractivity contribution in [3.05, 3.63) is 12.4 Å². The molecule has 0 saturated carbocycles. The molecular formula is C17H29N3O7S. The Morgan fingerprint density at radius 2 is 1.89 bits per heavy atom. The van der Waals surface area contributed by atoms with Crippen molar-refractivity contribution in [3.8, 4) is 0 Å². The van der Waals surface area contributed by atoms with Crippen molar-refractivity contribution in [1.29, 1.82) is 0 Å². The molecular weight excluding hydrogens is 390 g/mol. The minimum absolute atomic E-state index is 0.109. The first-order valence-corrected chi connectivity index (χ1v) is 9.89. The van der Waals surface area contributed by atoms with Gasteiger partial charge in [0.1, 0.15) is 25.0 Å². The van der Waals surface area contributed by atoms with Crippen molar-refractivity contribution in [2.75, 3.05) is 33.1 Å². The average Bonchev–Trinajstić information content (AvgIpc) is 2.96. The molecule has 0 bridgehead atoms. The molecule has 0 fully saturated rings. The molecule has 1 unspecified atom stereocenters. The number of esters is 1. The molecule has 0 saturated heterocycles. The number of methoxy groups -OCH3 is 1. The molecule has 10 nitrogen and oxygen atoms in total. The van der Waals surface area contributed by atoms with Crippen LogP contribution >= 0.6 is 11.9 Å². The molecule has 0 aromatic heterocycles. The summed E-state index contributed by atoms with van der Waals surface area (Å²) in [5.74, 6) is -0.771. The summed E-state index contributed by atoms with van der Waals surface area (Å²) >= 11 is 1.59. The Morgan fingerprint density at radius 3 is 2.43 bits per heavy atom. The Balaban J connectivity index is 2.39. The van der Waals surface area contributed by atoms with Gasteiger partial charge in [-0.05, 0) is 27.7 Å². The van der Waals surface area contributed by atoms with Crippen molar-refractivity contribution < 1.29 is 33.3 Å². The molecule has 160 valence electrons. The number of hydrogen-bond acceptors (Lipinski definition) is 10. The third-order valence-electron chi connectivity index (χ3n) is 3.58. The SMILES string of the molecule is COC(=O)[C@H](COC(=O)OCCN1C=CN(SC)C1C)NC(=O)OC(C)(C)C. The van der Waals surface area contributed by atoms with Gasteiger partial charge in [0.15, 0.2) is 6.04 Å². The average molecular weight is 420 g/mol. The van der Waals surface area contributed by atoms with Gasteiger partial charge in [-0.2, -0.15) is 0 Å². The van der Waals surface area contributed by atoms with Crippen LogP contribution in [-0.4, -0.2) is 78.4 Å². The highest BCUT2D eigenvalue weighted by molar-refractivity contribution is 7.96. The van der Waals surface area contributed by atoms with E-state index in [9.17, 15) is 14.4 Å². The molecule has 0 aromatic carbocycles. The molecule has 1 N–H and O–H groups in total. The summed E-state index contributed by atoms with van der Waals surface area (Å²) in [7, 11) is 1.16. The normalized spacial score (nSPS) is 17.1. The standard InChI is InChI=1S/C17H29N3O7S/c1-12-19(7-8-20(12)28-6)9-10-25-16(23)26-11-13(14(21)24-5)18-15(22)27-17(2,3)4/h7-8,12-13H,9-11H2,1-6H3,(H,18,22)/t12?,13-/m0/s1. The minimum atomic E-state index is -1.20. The van der Waals surface area contributed by atoms with Crippen molar-refractivity contribution in [1.82, 2.24) is 14.5 Å². The summed E-state index contributed by atoms with van der Waals surface area (Å²) in [6.45, 7) is 7.23. The Kier molecular flexibility index (Phi) is 9.23. The number of carbonyl (C=O) groups excluding carboxylic acids is 3. The molecule has 1 aliphatic heterocycles. The molecule has 0 spiro atoms. The third kappa shape index (κ3) is 8.15. The lowest BCUT2D eigenvalue weighted by Gasteiger charge is -2.27. The molecule has 0 radical (unpaired) electrons. The molecule has 2 atom stereocenters. The van der Waals surface area contributed by atoms with Crippen LogP contribution in [-0.2, 0) is 23.7 Å². The molecule has 1 aliphatic rings. The summed E-state index contributed by atoms with van der Waals surface area (Å²) in [6, 6.07) is -1.20. The van der Waals surface area contributed by atoms with Gasteiger partial charge >= 0.3 is 18.2 Å². The summed E-state index contributed by atoms with van der Waals surface area (Å²) in [4.78, 5) is 37.3. The molecule has 11 heteroatoms. The van der Waals surface area contributed by atoms with Crippen molar-refractivity contribution in [3.63, 3.8) is 0 Å². The van der Waals surface area contributed by atoms with Crippen LogP contribution in [0.3, 0.4) is 0 Å². The van der Waals surface area contributed by atoms with Crippen LogP contribution in [0.2, 0.25) is 0 Å². The Bertz CT molecular complexity index is 580. The van der Waals surface area contributed by atoms with Gasteiger partial charge in [-0.1, -0.05) is 11.9 Å². The number of nitrogens with zero attached hydrogens (tertiary/aromatic N) is 2. The minimum Gasteiger partial charge on any atom is -0.467 e. The van der Waals surface area contributed by atoms with E-state index in [0.717, 1.165) is 7.11 Å². The first-order chi connectivity index (χ1) is 13.1. The Hall–Kier alpha value is -2.30. The van der Waals surface area contributed by atoms with Crippen LogP contribution in [0.1, 0.15) is 27.7 Å². The quantitative estimate of drug-likeness (QED) is 0.356. The number of ether oxygens (including phenoxy) is 4. The number of alkyl carbamates (subject to hydrolysis) is 1. The van der Waals surface area contributed by atoms with Crippen LogP contribution in [0.25, 0.3) is 0 Å². The molecule has 1 heterocycles. The van der Waals surface area contributed by atoms with Gasteiger partial charge in [-0.25, -0.2) is 14.4 Å². The fraction of sp³-hybridized carbons (Fsp3) is 0.706. The van der Waals surface area contributed by atoms with Gasteiger partial charge in [-0.3, -0.25) is 0 Å². The van der Waals surface area contributed by atoms with Gasteiger partial charge < -0.3 is 33.5 Å². The van der Waals surface area contributed by atoms with E-state index in [1.807, 2.05) is 30.5 Å². The molecule has 0 aliphatic carbocycles. The molecule has 1 amide bonds. The van der Waals surface area contributed by atoms with Gasteiger partial charge in [0.05, 0.1) is 13.7 Å². The third-order valence-corrected chi connectivity index (χ3v) is 4.43. The van der Waals surface area contributed by atoms with E-state index in [4.69, 9.17) is 14.2 Å². The number of rotatable bonds is 8. The van der Waals surface area contributed by atoms with Crippen LogP contribution in [0.4, 0.5) is 9.59 Å². The smallest absolute Gasteiger partial charge is 0.467 e. The van der Waals surface area contributed by atoms with E-state index < -0.39 is 36.5 Å². The number of nitrogens with one attached hydrogen (secondary N) is 1. The predicted molar refractivity (Wildman–Crippen MR) is 103 cm³/mol. The van der Waals surface area contributed by atoms with E-state index in [1.165, 1.54) is 0 Å². The van der Waals surface area contributed by atoms with Gasteiger partial charge in [0, 0.05) is 18.7 Å². The predicted octanol–water partition coefficient (Wildman–Crippen LogP) is 1.92. The maximum atomic E-state index is 11.8. The van der Waals surface area contributed by atoms with Crippen LogP contribution in [0.5, 0.6) is 0 Å². The number of carbonyl (C=O) groups is 3. The van der Waals surface area contributed by atoms with E-state index in [1.54, 1.807) is 32.7 Å². The highest BCUT2D eigenvalue weighted by Gasteiger charge is 2.27. The maximum Gasteiger partial charge on any atom is 0.508 e. The van der Waals surface area contributed by atoms with Crippen LogP contribution < -0.4 is 5.32 Å². The number of amides is 1. The largest absolute Gasteiger partial charge is 0.508 e. The maximum absolute atomic E-state index is 11.8. The molecule has 0 aromatic rings. The highest BCUT2D eigenvalue weighted by atomic mass is 32.2. The lowest BCUT2D eigenvalue weighted by molar-refractivity contribution is -0.144. The Morgan fingerprint density at radius 1 is 1.21 bits per heavy atom. The lowest BCUT2D eigenvalue weighted by atomic mass is 10.2. The fourth-order valence-electron chi connectivity index (χ4n) is 2.21. The monoisotopic (exact) mass is 419 g/mol. The second-order valence-electron chi connectivity index (χ2n) is 6.84. The van der Waals surface area contributed by atoms with E-state index in [2.05, 4.69) is 14.4 Å². The number of hydrogen-bond donors (Lipinski definition) is 1. The van der Waals surface area contributed by atoms with E-state index >= 15 is 0 Å². The Labute approximate surface area is 169 Å². The van der Waals surface area contributed by atoms with Gasteiger partial charge in [0.2, 0.25) is 0 Å². The van der Waals surface area contributed by atoms with Crippen molar-refractivity contribution >= 4 is 30.2 Å². The summed E-state index contributed by atoms with van der Waals surface area (Å²) < 4.78 is 21.6. The molecule has 28 heavy (non-hydrogen) atoms. The zero-order chi connectivity index (χ0) is 21.3. The van der Waals surface area contributed by atoms with Crippen LogP contribution in [0.15, 0.2) is 12.4 Å². The molecule has 1 rings (SSSR count). The second-order valence-corrected chi connectivity index (χ2v) is 7.63. The first-order valence-electron chi connectivity index (χ1n) is 8.70. The van der Waals surface area contributed by atoms with Gasteiger partial charge in [-0.15, -0.1) is 0 Å². The van der Waals surface area contributed by atoms with Crippen LogP contribution in [0, 0.1) is 0 Å². The fourth-order valence-corrected chi connectivity index (χ4v) is 2.81. The summed E-state index contributed by atoms with van der Waals surface area (Å²) in [6.07, 6.45) is 4.20. The first kappa shape index (κ1) is 23.7. The highest BCUT2D eigenvalue weighted by Crippen LogP contribution is 2.21. The van der Waals surface area contributed by atoms with Gasteiger partial charge in [0.25, 0.3) is 0 Å². The van der Waals surface area contributed by atoms with Crippen molar-refractivity contribution in [2.24, 2.45) is 0 Å². The lowest BCUT2D eigenvalue weighted by Crippen LogP contribution is -2.47. The summed E-state index contributed by atoms with van der Waals surface area (Å²) in [5, 5.41) is 2.30. The zero-order valence-electron chi connectivity index (χ0n) is 17.1. The van der Waals surface area contributed by atoms with E-state index in [-0.39, 0.29) is 12.8 Å². The zero-order valence-corrected chi connectivity index (χ0v) is 17.9. The second kappa shape index (κ2) is 10.9. The van der Waals surface area contributed by atoms with E-state index in [0.29, 0.717) is 6.54 Å². The summed E-state index contributed by atoms with van der Waals surface area (Å²) in [5.41, 5.74) is -0.739. The topological polar surface area (TPSA) is 107 Å². The van der Waals surface area contributed by atoms with Crippen molar-refractivity contribution in [2.45, 2.75) is 45.5 Å².